The number of halogens is 3. The Balaban J connectivity index is 1.25. The molecule has 0 atom stereocenters. The second-order valence-electron chi connectivity index (χ2n) is 9.25. The number of hydrogen-bond donors (Lipinski definition) is 1. The SMILES string of the molecule is Cc1ccc2c(c1)CCN(C(=O)CO[C@H]1CC[C@H](Nc3ccc([N+](=O)[O-])c(C(F)(F)F)c3)CC1)C2. The third-order valence-electron chi connectivity index (χ3n) is 6.71. The number of nitro groups is 1. The molecular formula is C25H28F3N3O4. The van der Waals surface area contributed by atoms with Gasteiger partial charge in [-0.05, 0) is 62.3 Å². The minimum atomic E-state index is -4.81. The number of alkyl halides is 3. The topological polar surface area (TPSA) is 84.7 Å². The normalized spacial score (nSPS) is 20.3. The average Bonchev–Trinajstić information content (AvgIpc) is 2.82. The molecule has 35 heavy (non-hydrogen) atoms. The van der Waals surface area contributed by atoms with Crippen molar-refractivity contribution in [3.63, 3.8) is 0 Å². The Labute approximate surface area is 201 Å². The number of nitrogens with zero attached hydrogens (tertiary/aromatic N) is 2. The summed E-state index contributed by atoms with van der Waals surface area (Å²) in [5.74, 6) is -0.0398. The molecule has 0 radical (unpaired) electrons. The van der Waals surface area contributed by atoms with E-state index in [0.29, 0.717) is 38.8 Å². The molecule has 2 aromatic carbocycles. The van der Waals surface area contributed by atoms with Crippen molar-refractivity contribution in [1.29, 1.82) is 0 Å². The van der Waals surface area contributed by atoms with Gasteiger partial charge in [-0.1, -0.05) is 23.8 Å². The Morgan fingerprint density at radius 1 is 1.14 bits per heavy atom. The van der Waals surface area contributed by atoms with E-state index in [1.54, 1.807) is 0 Å². The average molecular weight is 492 g/mol. The van der Waals surface area contributed by atoms with Crippen LogP contribution in [0, 0.1) is 17.0 Å². The molecule has 1 aliphatic carbocycles. The summed E-state index contributed by atoms with van der Waals surface area (Å²) in [4.78, 5) is 24.4. The van der Waals surface area contributed by atoms with Gasteiger partial charge in [-0.25, -0.2) is 0 Å². The van der Waals surface area contributed by atoms with Crippen LogP contribution in [0.1, 0.15) is 47.9 Å². The molecule has 1 N–H and O–H groups in total. The van der Waals surface area contributed by atoms with Gasteiger partial charge in [0.25, 0.3) is 5.69 Å². The van der Waals surface area contributed by atoms with Crippen molar-refractivity contribution in [1.82, 2.24) is 4.90 Å². The van der Waals surface area contributed by atoms with Gasteiger partial charge in [0.2, 0.25) is 5.91 Å². The molecule has 1 saturated carbocycles. The summed E-state index contributed by atoms with van der Waals surface area (Å²) in [5.41, 5.74) is 1.64. The van der Waals surface area contributed by atoms with Crippen LogP contribution in [0.3, 0.4) is 0 Å². The Morgan fingerprint density at radius 2 is 1.89 bits per heavy atom. The number of benzene rings is 2. The van der Waals surface area contributed by atoms with Crippen molar-refractivity contribution in [2.75, 3.05) is 18.5 Å². The lowest BCUT2D eigenvalue weighted by atomic mass is 9.92. The first-order valence-corrected chi connectivity index (χ1v) is 11.7. The second kappa shape index (κ2) is 10.2. The molecule has 0 spiro atoms. The van der Waals surface area contributed by atoms with E-state index in [2.05, 4.69) is 30.4 Å². The minimum Gasteiger partial charge on any atom is -0.382 e. The van der Waals surface area contributed by atoms with Crippen molar-refractivity contribution in [2.24, 2.45) is 0 Å². The Bertz CT molecular complexity index is 1100. The summed E-state index contributed by atoms with van der Waals surface area (Å²) in [6.45, 7) is 3.33. The number of aryl methyl sites for hydroxylation is 1. The lowest BCUT2D eigenvalue weighted by Gasteiger charge is -2.32. The van der Waals surface area contributed by atoms with Gasteiger partial charge in [0.15, 0.2) is 0 Å². The van der Waals surface area contributed by atoms with E-state index in [0.717, 1.165) is 18.6 Å². The fourth-order valence-electron chi connectivity index (χ4n) is 4.80. The van der Waals surface area contributed by atoms with Crippen LogP contribution in [0.15, 0.2) is 36.4 Å². The molecule has 0 saturated heterocycles. The summed E-state index contributed by atoms with van der Waals surface area (Å²) in [6, 6.07) is 9.18. The Kier molecular flexibility index (Phi) is 7.30. The van der Waals surface area contributed by atoms with Crippen molar-refractivity contribution in [2.45, 2.75) is 63.9 Å². The highest BCUT2D eigenvalue weighted by molar-refractivity contribution is 5.77. The summed E-state index contributed by atoms with van der Waals surface area (Å²) in [7, 11) is 0. The molecule has 188 valence electrons. The Morgan fingerprint density at radius 3 is 2.57 bits per heavy atom. The van der Waals surface area contributed by atoms with Gasteiger partial charge in [-0.3, -0.25) is 14.9 Å². The summed E-state index contributed by atoms with van der Waals surface area (Å²) < 4.78 is 45.5. The van der Waals surface area contributed by atoms with Crippen LogP contribution in [0.5, 0.6) is 0 Å². The molecule has 1 amide bonds. The lowest BCUT2D eigenvalue weighted by Crippen LogP contribution is -2.39. The van der Waals surface area contributed by atoms with E-state index in [1.807, 2.05) is 4.90 Å². The summed E-state index contributed by atoms with van der Waals surface area (Å²) >= 11 is 0. The van der Waals surface area contributed by atoms with Crippen LogP contribution in [-0.4, -0.2) is 41.0 Å². The summed E-state index contributed by atoms with van der Waals surface area (Å²) in [5, 5.41) is 14.0. The first kappa shape index (κ1) is 25.0. The molecule has 1 fully saturated rings. The van der Waals surface area contributed by atoms with Gasteiger partial charge >= 0.3 is 6.18 Å². The smallest absolute Gasteiger partial charge is 0.382 e. The molecule has 0 bridgehead atoms. The number of carbonyl (C=O) groups excluding carboxylic acids is 1. The maximum Gasteiger partial charge on any atom is 0.423 e. The number of nitro benzene ring substituents is 1. The zero-order valence-corrected chi connectivity index (χ0v) is 19.4. The molecule has 1 heterocycles. The first-order chi connectivity index (χ1) is 16.6. The number of hydrogen-bond acceptors (Lipinski definition) is 5. The number of nitrogens with one attached hydrogen (secondary N) is 1. The highest BCUT2D eigenvalue weighted by atomic mass is 19.4. The largest absolute Gasteiger partial charge is 0.423 e. The minimum absolute atomic E-state index is 0.0151. The highest BCUT2D eigenvalue weighted by Crippen LogP contribution is 2.38. The molecule has 0 unspecified atom stereocenters. The standard InChI is InChI=1S/C25H28F3N3O4/c1-16-2-3-18-14-30(11-10-17(18)12-16)24(32)15-35-21-7-4-19(5-8-21)29-20-6-9-23(31(33)34)22(13-20)25(26,27)28/h2-3,6,9,12-13,19,21,29H,4-5,7-8,10-11,14-15H2,1H3/t19-,21-. The van der Waals surface area contributed by atoms with Crippen molar-refractivity contribution in [3.8, 4) is 0 Å². The number of anilines is 1. The van der Waals surface area contributed by atoms with Gasteiger partial charge in [-0.2, -0.15) is 13.2 Å². The first-order valence-electron chi connectivity index (χ1n) is 11.7. The number of carbonyl (C=O) groups is 1. The van der Waals surface area contributed by atoms with Crippen LogP contribution in [0.25, 0.3) is 0 Å². The quantitative estimate of drug-likeness (QED) is 0.441. The van der Waals surface area contributed by atoms with E-state index in [9.17, 15) is 28.1 Å². The van der Waals surface area contributed by atoms with Gasteiger partial charge in [-0.15, -0.1) is 0 Å². The predicted molar refractivity (Wildman–Crippen MR) is 124 cm³/mol. The van der Waals surface area contributed by atoms with Crippen LogP contribution < -0.4 is 5.32 Å². The van der Waals surface area contributed by atoms with Crippen LogP contribution >= 0.6 is 0 Å². The van der Waals surface area contributed by atoms with Crippen molar-refractivity contribution in [3.05, 3.63) is 68.8 Å². The van der Waals surface area contributed by atoms with Gasteiger partial charge < -0.3 is 15.0 Å². The highest BCUT2D eigenvalue weighted by Gasteiger charge is 2.38. The zero-order chi connectivity index (χ0) is 25.2. The number of rotatable bonds is 6. The van der Waals surface area contributed by atoms with Crippen LogP contribution in [-0.2, 0) is 28.7 Å². The van der Waals surface area contributed by atoms with Crippen LogP contribution in [0.2, 0.25) is 0 Å². The van der Waals surface area contributed by atoms with Gasteiger partial charge in [0, 0.05) is 30.9 Å². The molecule has 10 heteroatoms. The van der Waals surface area contributed by atoms with Crippen molar-refractivity contribution < 1.29 is 27.6 Å². The third-order valence-corrected chi connectivity index (χ3v) is 6.71. The predicted octanol–water partition coefficient (Wildman–Crippen LogP) is 5.25. The van der Waals surface area contributed by atoms with E-state index in [4.69, 9.17) is 4.74 Å². The third kappa shape index (κ3) is 6.11. The van der Waals surface area contributed by atoms with E-state index < -0.39 is 22.4 Å². The van der Waals surface area contributed by atoms with Crippen LogP contribution in [0.4, 0.5) is 24.5 Å². The Hall–Kier alpha value is -3.14. The summed E-state index contributed by atoms with van der Waals surface area (Å²) in [6.07, 6.45) is -1.40. The number of fused-ring (bicyclic) bond motifs is 1. The number of ether oxygens (including phenoxy) is 1. The maximum absolute atomic E-state index is 13.2. The van der Waals surface area contributed by atoms with Crippen molar-refractivity contribution >= 4 is 17.3 Å². The fourth-order valence-corrected chi connectivity index (χ4v) is 4.80. The molecule has 2 aliphatic rings. The van der Waals surface area contributed by atoms with Gasteiger partial charge in [0.05, 0.1) is 11.0 Å². The molecule has 7 nitrogen and oxygen atoms in total. The molecule has 0 aromatic heterocycles. The molecular weight excluding hydrogens is 463 g/mol. The monoisotopic (exact) mass is 491 g/mol. The lowest BCUT2D eigenvalue weighted by molar-refractivity contribution is -0.388. The zero-order valence-electron chi connectivity index (χ0n) is 19.4. The number of amides is 1. The van der Waals surface area contributed by atoms with E-state index >= 15 is 0 Å². The van der Waals surface area contributed by atoms with Gasteiger partial charge in [0.1, 0.15) is 12.2 Å². The second-order valence-corrected chi connectivity index (χ2v) is 9.25. The van der Waals surface area contributed by atoms with E-state index in [-0.39, 0.29) is 30.3 Å². The maximum atomic E-state index is 13.2. The molecule has 2 aromatic rings. The fraction of sp³-hybridized carbons (Fsp3) is 0.480. The van der Waals surface area contributed by atoms with E-state index in [1.165, 1.54) is 22.8 Å². The molecule has 1 aliphatic heterocycles. The molecule has 4 rings (SSSR count).